The Balaban J connectivity index is 2.01. The van der Waals surface area contributed by atoms with Crippen LogP contribution in [0, 0.1) is 11.3 Å². The molecule has 0 aliphatic carbocycles. The van der Waals surface area contributed by atoms with Crippen LogP contribution in [0.25, 0.3) is 0 Å². The van der Waals surface area contributed by atoms with Gasteiger partial charge in [0.1, 0.15) is 6.07 Å². The van der Waals surface area contributed by atoms with E-state index in [1.807, 2.05) is 17.6 Å². The van der Waals surface area contributed by atoms with Crippen LogP contribution in [0.4, 0.5) is 11.4 Å². The summed E-state index contributed by atoms with van der Waals surface area (Å²) in [5, 5.41) is 15.3. The number of nitrogens with zero attached hydrogens (tertiary/aromatic N) is 2. The number of benzene rings is 1. The maximum Gasteiger partial charge on any atom is 0.101 e. The minimum Gasteiger partial charge on any atom is -0.398 e. The van der Waals surface area contributed by atoms with Gasteiger partial charge in [0.2, 0.25) is 0 Å². The second-order valence-corrected chi connectivity index (χ2v) is 4.99. The van der Waals surface area contributed by atoms with Crippen LogP contribution in [0.3, 0.4) is 0 Å². The van der Waals surface area contributed by atoms with E-state index in [0.29, 0.717) is 17.2 Å². The van der Waals surface area contributed by atoms with E-state index in [9.17, 15) is 0 Å². The molecule has 18 heavy (non-hydrogen) atoms. The SMILES string of the molecule is CC(CNc1ccc(N)c(C#N)c1)c1nccs1. The summed E-state index contributed by atoms with van der Waals surface area (Å²) in [6, 6.07) is 7.47. The van der Waals surface area contributed by atoms with Gasteiger partial charge in [0.25, 0.3) is 0 Å². The molecule has 0 aliphatic heterocycles. The van der Waals surface area contributed by atoms with Gasteiger partial charge in [-0.1, -0.05) is 6.92 Å². The lowest BCUT2D eigenvalue weighted by molar-refractivity contribution is 0.795. The minimum absolute atomic E-state index is 0.341. The molecular weight excluding hydrogens is 244 g/mol. The first-order valence-corrected chi connectivity index (χ1v) is 6.51. The van der Waals surface area contributed by atoms with Gasteiger partial charge in [-0.05, 0) is 18.2 Å². The zero-order valence-corrected chi connectivity index (χ0v) is 10.9. The summed E-state index contributed by atoms with van der Waals surface area (Å²) < 4.78 is 0. The summed E-state index contributed by atoms with van der Waals surface area (Å²) >= 11 is 1.65. The van der Waals surface area contributed by atoms with Gasteiger partial charge in [-0.15, -0.1) is 11.3 Å². The lowest BCUT2D eigenvalue weighted by Crippen LogP contribution is -2.09. The summed E-state index contributed by atoms with van der Waals surface area (Å²) in [6.07, 6.45) is 1.81. The van der Waals surface area contributed by atoms with Crippen LogP contribution in [0.2, 0.25) is 0 Å². The van der Waals surface area contributed by atoms with E-state index >= 15 is 0 Å². The number of rotatable bonds is 4. The Hall–Kier alpha value is -2.06. The molecule has 2 rings (SSSR count). The second-order valence-electron chi connectivity index (χ2n) is 4.07. The van der Waals surface area contributed by atoms with Crippen molar-refractivity contribution in [3.05, 3.63) is 40.3 Å². The van der Waals surface area contributed by atoms with Crippen molar-refractivity contribution in [2.24, 2.45) is 0 Å². The first-order chi connectivity index (χ1) is 8.70. The standard InChI is InChI=1S/C13H14N4S/c1-9(13-16-4-5-18-13)8-17-11-2-3-12(15)10(6-11)7-14/h2-6,9,17H,8,15H2,1H3. The summed E-state index contributed by atoms with van der Waals surface area (Å²) in [4.78, 5) is 4.28. The van der Waals surface area contributed by atoms with Crippen LogP contribution in [0.15, 0.2) is 29.8 Å². The van der Waals surface area contributed by atoms with Gasteiger partial charge in [-0.2, -0.15) is 5.26 Å². The fraction of sp³-hybridized carbons (Fsp3) is 0.231. The predicted molar refractivity (Wildman–Crippen MR) is 74.6 cm³/mol. The summed E-state index contributed by atoms with van der Waals surface area (Å²) in [7, 11) is 0. The molecule has 0 amide bonds. The Morgan fingerprint density at radius 1 is 1.56 bits per heavy atom. The number of anilines is 2. The first kappa shape index (κ1) is 12.4. The van der Waals surface area contributed by atoms with E-state index in [4.69, 9.17) is 11.0 Å². The van der Waals surface area contributed by atoms with Gasteiger partial charge in [0.15, 0.2) is 0 Å². The van der Waals surface area contributed by atoms with Crippen molar-refractivity contribution in [3.8, 4) is 6.07 Å². The Morgan fingerprint density at radius 2 is 2.39 bits per heavy atom. The highest BCUT2D eigenvalue weighted by Crippen LogP contribution is 2.20. The molecular formula is C13H14N4S. The molecule has 1 atom stereocenters. The van der Waals surface area contributed by atoms with Crippen molar-refractivity contribution in [2.75, 3.05) is 17.6 Å². The van der Waals surface area contributed by atoms with E-state index in [-0.39, 0.29) is 0 Å². The van der Waals surface area contributed by atoms with Gasteiger partial charge in [0, 0.05) is 35.4 Å². The molecule has 1 heterocycles. The van der Waals surface area contributed by atoms with Gasteiger partial charge >= 0.3 is 0 Å². The highest BCUT2D eigenvalue weighted by Gasteiger charge is 2.08. The van der Waals surface area contributed by atoms with Crippen LogP contribution in [0.1, 0.15) is 23.4 Å². The van der Waals surface area contributed by atoms with E-state index in [1.165, 1.54) is 0 Å². The smallest absolute Gasteiger partial charge is 0.101 e. The van der Waals surface area contributed by atoms with Gasteiger partial charge < -0.3 is 11.1 Å². The number of nitrogens with two attached hydrogens (primary N) is 1. The van der Waals surface area contributed by atoms with E-state index in [0.717, 1.165) is 17.2 Å². The fourth-order valence-electron chi connectivity index (χ4n) is 1.60. The molecule has 0 fully saturated rings. The number of thiazole rings is 1. The lowest BCUT2D eigenvalue weighted by Gasteiger charge is -2.11. The maximum atomic E-state index is 8.90. The molecule has 0 aliphatic rings. The molecule has 4 nitrogen and oxygen atoms in total. The van der Waals surface area contributed by atoms with Crippen LogP contribution in [-0.2, 0) is 0 Å². The fourth-order valence-corrected chi connectivity index (χ4v) is 2.30. The first-order valence-electron chi connectivity index (χ1n) is 5.63. The summed E-state index contributed by atoms with van der Waals surface area (Å²) in [5.74, 6) is 0.341. The van der Waals surface area contributed by atoms with Crippen LogP contribution < -0.4 is 11.1 Å². The van der Waals surface area contributed by atoms with Crippen molar-refractivity contribution in [1.29, 1.82) is 5.26 Å². The number of hydrogen-bond donors (Lipinski definition) is 2. The highest BCUT2D eigenvalue weighted by atomic mass is 32.1. The van der Waals surface area contributed by atoms with Crippen molar-refractivity contribution in [1.82, 2.24) is 4.98 Å². The van der Waals surface area contributed by atoms with Gasteiger partial charge in [-0.3, -0.25) is 0 Å². The Kier molecular flexibility index (Phi) is 3.80. The molecule has 3 N–H and O–H groups in total. The van der Waals surface area contributed by atoms with Crippen molar-refractivity contribution in [3.63, 3.8) is 0 Å². The van der Waals surface area contributed by atoms with Gasteiger partial charge in [0.05, 0.1) is 10.6 Å². The molecule has 0 bridgehead atoms. The van der Waals surface area contributed by atoms with Crippen molar-refractivity contribution >= 4 is 22.7 Å². The molecule has 5 heteroatoms. The monoisotopic (exact) mass is 258 g/mol. The molecule has 2 aromatic rings. The average Bonchev–Trinajstić information content (AvgIpc) is 2.91. The van der Waals surface area contributed by atoms with E-state index < -0.39 is 0 Å². The molecule has 1 aromatic carbocycles. The third-order valence-corrected chi connectivity index (χ3v) is 3.67. The molecule has 1 aromatic heterocycles. The van der Waals surface area contributed by atoms with Crippen LogP contribution in [0.5, 0.6) is 0 Å². The number of hydrogen-bond acceptors (Lipinski definition) is 5. The quantitative estimate of drug-likeness (QED) is 0.827. The van der Waals surface area contributed by atoms with Crippen LogP contribution in [-0.4, -0.2) is 11.5 Å². The molecule has 92 valence electrons. The summed E-state index contributed by atoms with van der Waals surface area (Å²) in [6.45, 7) is 2.90. The zero-order valence-electron chi connectivity index (χ0n) is 10.1. The lowest BCUT2D eigenvalue weighted by atomic mass is 10.1. The number of nitriles is 1. The topological polar surface area (TPSA) is 74.7 Å². The van der Waals surface area contributed by atoms with Crippen molar-refractivity contribution in [2.45, 2.75) is 12.8 Å². The maximum absolute atomic E-state index is 8.90. The van der Waals surface area contributed by atoms with Crippen molar-refractivity contribution < 1.29 is 0 Å². The number of nitrogen functional groups attached to an aromatic ring is 1. The number of aromatic nitrogens is 1. The molecule has 1 unspecified atom stereocenters. The van der Waals surface area contributed by atoms with E-state index in [2.05, 4.69) is 23.3 Å². The molecule has 0 spiro atoms. The normalized spacial score (nSPS) is 11.8. The third-order valence-electron chi connectivity index (χ3n) is 2.66. The molecule has 0 saturated heterocycles. The zero-order chi connectivity index (χ0) is 13.0. The predicted octanol–water partition coefficient (Wildman–Crippen LogP) is 2.81. The van der Waals surface area contributed by atoms with Gasteiger partial charge in [-0.25, -0.2) is 4.98 Å². The number of nitrogens with one attached hydrogen (secondary N) is 1. The second kappa shape index (κ2) is 5.52. The average molecular weight is 258 g/mol. The van der Waals surface area contributed by atoms with Crippen LogP contribution >= 0.6 is 11.3 Å². The minimum atomic E-state index is 0.341. The third kappa shape index (κ3) is 2.79. The van der Waals surface area contributed by atoms with E-state index in [1.54, 1.807) is 23.5 Å². The Labute approximate surface area is 110 Å². The Morgan fingerprint density at radius 3 is 3.06 bits per heavy atom. The molecule has 0 saturated carbocycles. The Bertz CT molecular complexity index is 557. The summed E-state index contributed by atoms with van der Waals surface area (Å²) in [5.41, 5.74) is 7.59. The largest absolute Gasteiger partial charge is 0.398 e. The highest BCUT2D eigenvalue weighted by molar-refractivity contribution is 7.09. The molecule has 0 radical (unpaired) electrons.